The molecule has 1 aliphatic rings. The average molecular weight is 200 g/mol. The zero-order valence-corrected chi connectivity index (χ0v) is 9.03. The van der Waals surface area contributed by atoms with Crippen molar-refractivity contribution in [2.45, 2.75) is 38.8 Å². The van der Waals surface area contributed by atoms with Crippen LogP contribution in [0.3, 0.4) is 0 Å². The average Bonchev–Trinajstić information content (AvgIpc) is 2.12. The van der Waals surface area contributed by atoms with Crippen LogP contribution in [0.15, 0.2) is 0 Å². The molecule has 0 bridgehead atoms. The number of hydrogen-bond donors (Lipinski definition) is 1. The fourth-order valence-corrected chi connectivity index (χ4v) is 1.59. The Labute approximate surface area is 85.4 Å². The molecule has 1 rings (SSSR count). The molecule has 1 aliphatic heterocycles. The van der Waals surface area contributed by atoms with Crippen LogP contribution in [0.5, 0.6) is 0 Å². The van der Waals surface area contributed by atoms with Crippen LogP contribution in [0.4, 0.5) is 0 Å². The summed E-state index contributed by atoms with van der Waals surface area (Å²) in [4.78, 5) is 13.3. The highest BCUT2D eigenvalue weighted by atomic mass is 16.5. The predicted molar refractivity (Wildman–Crippen MR) is 54.9 cm³/mol. The highest BCUT2D eigenvalue weighted by molar-refractivity contribution is 5.82. The van der Waals surface area contributed by atoms with Gasteiger partial charge < -0.3 is 15.4 Å². The van der Waals surface area contributed by atoms with Crippen LogP contribution >= 0.6 is 0 Å². The van der Waals surface area contributed by atoms with Crippen molar-refractivity contribution in [1.29, 1.82) is 0 Å². The normalized spacial score (nSPS) is 23.3. The van der Waals surface area contributed by atoms with Gasteiger partial charge in [-0.3, -0.25) is 4.79 Å². The lowest BCUT2D eigenvalue weighted by molar-refractivity contribution is -0.135. The Hall–Kier alpha value is -0.610. The summed E-state index contributed by atoms with van der Waals surface area (Å²) in [5.41, 5.74) is 5.67. The van der Waals surface area contributed by atoms with Crippen molar-refractivity contribution in [3.05, 3.63) is 0 Å². The molecule has 0 spiro atoms. The summed E-state index contributed by atoms with van der Waals surface area (Å²) in [6, 6.07) is -0.289. The Morgan fingerprint density at radius 2 is 2.36 bits per heavy atom. The van der Waals surface area contributed by atoms with Gasteiger partial charge in [0, 0.05) is 13.1 Å². The summed E-state index contributed by atoms with van der Waals surface area (Å²) >= 11 is 0. The summed E-state index contributed by atoms with van der Waals surface area (Å²) in [5, 5.41) is 0. The zero-order chi connectivity index (χ0) is 10.6. The summed E-state index contributed by atoms with van der Waals surface area (Å²) in [6.45, 7) is 6.09. The second-order valence-corrected chi connectivity index (χ2v) is 3.99. The molecule has 4 nitrogen and oxygen atoms in total. The Bertz CT molecular complexity index is 195. The van der Waals surface area contributed by atoms with Crippen molar-refractivity contribution in [3.63, 3.8) is 0 Å². The summed E-state index contributed by atoms with van der Waals surface area (Å²) in [7, 11) is 0. The van der Waals surface area contributed by atoms with Gasteiger partial charge in [-0.05, 0) is 26.7 Å². The Kier molecular flexibility index (Phi) is 4.35. The lowest BCUT2D eigenvalue weighted by Gasteiger charge is -2.30. The van der Waals surface area contributed by atoms with Crippen LogP contribution in [-0.4, -0.2) is 42.6 Å². The van der Waals surface area contributed by atoms with E-state index in [1.165, 1.54) is 0 Å². The number of carbonyl (C=O) groups is 1. The first kappa shape index (κ1) is 11.5. The zero-order valence-electron chi connectivity index (χ0n) is 9.03. The number of piperidine rings is 1. The van der Waals surface area contributed by atoms with Crippen LogP contribution in [0.25, 0.3) is 0 Å². The van der Waals surface area contributed by atoms with E-state index in [1.807, 2.05) is 13.8 Å². The molecule has 1 saturated heterocycles. The van der Waals surface area contributed by atoms with Crippen LogP contribution in [0.1, 0.15) is 26.7 Å². The molecule has 82 valence electrons. The third-order valence-corrected chi connectivity index (χ3v) is 2.38. The van der Waals surface area contributed by atoms with E-state index < -0.39 is 0 Å². The fourth-order valence-electron chi connectivity index (χ4n) is 1.59. The van der Waals surface area contributed by atoms with Crippen LogP contribution < -0.4 is 5.73 Å². The van der Waals surface area contributed by atoms with Gasteiger partial charge in [-0.15, -0.1) is 0 Å². The molecule has 0 aromatic heterocycles. The van der Waals surface area contributed by atoms with Crippen LogP contribution in [0, 0.1) is 0 Å². The van der Waals surface area contributed by atoms with Gasteiger partial charge in [0.25, 0.3) is 0 Å². The number of ether oxygens (including phenoxy) is 1. The Morgan fingerprint density at radius 1 is 1.64 bits per heavy atom. The first-order valence-electron chi connectivity index (χ1n) is 5.27. The van der Waals surface area contributed by atoms with E-state index in [-0.39, 0.29) is 18.1 Å². The molecule has 1 heterocycles. The minimum atomic E-state index is -0.289. The van der Waals surface area contributed by atoms with Crippen molar-refractivity contribution >= 4 is 5.91 Å². The SMILES string of the molecule is CC(C)OCCN1CCCC(N)C1=O. The quantitative estimate of drug-likeness (QED) is 0.713. The van der Waals surface area contributed by atoms with Gasteiger partial charge in [0.05, 0.1) is 18.8 Å². The first-order valence-corrected chi connectivity index (χ1v) is 5.27. The smallest absolute Gasteiger partial charge is 0.239 e. The van der Waals surface area contributed by atoms with E-state index in [9.17, 15) is 4.79 Å². The molecule has 0 aliphatic carbocycles. The molecular weight excluding hydrogens is 180 g/mol. The predicted octanol–water partition coefficient (Wildman–Crippen LogP) is 0.361. The van der Waals surface area contributed by atoms with Crippen molar-refractivity contribution in [2.75, 3.05) is 19.7 Å². The monoisotopic (exact) mass is 200 g/mol. The van der Waals surface area contributed by atoms with Gasteiger partial charge in [0.2, 0.25) is 5.91 Å². The molecule has 0 saturated carbocycles. The first-order chi connectivity index (χ1) is 6.61. The minimum absolute atomic E-state index is 0.0728. The van der Waals surface area contributed by atoms with Crippen molar-refractivity contribution in [2.24, 2.45) is 5.73 Å². The Balaban J connectivity index is 2.25. The lowest BCUT2D eigenvalue weighted by atomic mass is 10.1. The van der Waals surface area contributed by atoms with Crippen molar-refractivity contribution in [3.8, 4) is 0 Å². The van der Waals surface area contributed by atoms with Crippen LogP contribution in [0.2, 0.25) is 0 Å². The third-order valence-electron chi connectivity index (χ3n) is 2.38. The molecule has 1 unspecified atom stereocenters. The molecule has 0 aromatic rings. The third kappa shape index (κ3) is 3.27. The van der Waals surface area contributed by atoms with Crippen molar-refractivity contribution < 1.29 is 9.53 Å². The summed E-state index contributed by atoms with van der Waals surface area (Å²) < 4.78 is 5.39. The molecule has 0 radical (unpaired) electrons. The molecule has 0 aromatic carbocycles. The molecule has 1 fully saturated rings. The topological polar surface area (TPSA) is 55.6 Å². The molecule has 1 atom stereocenters. The van der Waals surface area contributed by atoms with Gasteiger partial charge >= 0.3 is 0 Å². The van der Waals surface area contributed by atoms with Gasteiger partial charge in [0.1, 0.15) is 0 Å². The number of amides is 1. The maximum absolute atomic E-state index is 11.5. The number of nitrogens with zero attached hydrogens (tertiary/aromatic N) is 1. The van der Waals surface area contributed by atoms with E-state index in [0.717, 1.165) is 19.4 Å². The number of rotatable bonds is 4. The summed E-state index contributed by atoms with van der Waals surface area (Å²) in [5.74, 6) is 0.0728. The number of hydrogen-bond acceptors (Lipinski definition) is 3. The maximum atomic E-state index is 11.5. The second-order valence-electron chi connectivity index (χ2n) is 3.99. The molecule has 1 amide bonds. The van der Waals surface area contributed by atoms with Gasteiger partial charge in [-0.25, -0.2) is 0 Å². The largest absolute Gasteiger partial charge is 0.377 e. The second kappa shape index (κ2) is 5.32. The molecule has 14 heavy (non-hydrogen) atoms. The molecule has 2 N–H and O–H groups in total. The maximum Gasteiger partial charge on any atom is 0.239 e. The molecule has 4 heteroatoms. The van der Waals surface area contributed by atoms with E-state index in [4.69, 9.17) is 10.5 Å². The van der Waals surface area contributed by atoms with Gasteiger partial charge in [-0.1, -0.05) is 0 Å². The van der Waals surface area contributed by atoms with E-state index in [0.29, 0.717) is 13.2 Å². The van der Waals surface area contributed by atoms with Gasteiger partial charge in [-0.2, -0.15) is 0 Å². The standard InChI is InChI=1S/C10H20N2O2/c1-8(2)14-7-6-12-5-3-4-9(11)10(12)13/h8-9H,3-7,11H2,1-2H3. The fraction of sp³-hybridized carbons (Fsp3) is 0.900. The van der Waals surface area contributed by atoms with Crippen molar-refractivity contribution in [1.82, 2.24) is 4.90 Å². The number of nitrogens with two attached hydrogens (primary N) is 1. The number of likely N-dealkylation sites (tertiary alicyclic amines) is 1. The Morgan fingerprint density at radius 3 is 3.00 bits per heavy atom. The van der Waals surface area contributed by atoms with E-state index in [1.54, 1.807) is 4.90 Å². The summed E-state index contributed by atoms with van der Waals surface area (Å²) in [6.07, 6.45) is 2.05. The minimum Gasteiger partial charge on any atom is -0.377 e. The highest BCUT2D eigenvalue weighted by Gasteiger charge is 2.24. The lowest BCUT2D eigenvalue weighted by Crippen LogP contribution is -2.49. The molecular formula is C10H20N2O2. The van der Waals surface area contributed by atoms with Gasteiger partial charge in [0.15, 0.2) is 0 Å². The van der Waals surface area contributed by atoms with Crippen LogP contribution in [-0.2, 0) is 9.53 Å². The van der Waals surface area contributed by atoms with E-state index >= 15 is 0 Å². The highest BCUT2D eigenvalue weighted by Crippen LogP contribution is 2.09. The number of carbonyl (C=O) groups excluding carboxylic acids is 1. The van der Waals surface area contributed by atoms with E-state index in [2.05, 4.69) is 0 Å².